The molecule has 1 saturated carbocycles. The van der Waals surface area contributed by atoms with E-state index in [9.17, 15) is 9.90 Å². The van der Waals surface area contributed by atoms with Gasteiger partial charge in [-0.1, -0.05) is 6.42 Å². The fourth-order valence-electron chi connectivity index (χ4n) is 2.43. The van der Waals surface area contributed by atoms with Gasteiger partial charge in [-0.05, 0) is 32.2 Å². The van der Waals surface area contributed by atoms with Gasteiger partial charge in [0.2, 0.25) is 5.91 Å². The van der Waals surface area contributed by atoms with E-state index in [2.05, 4.69) is 4.90 Å². The number of aliphatic hydroxyl groups excluding tert-OH is 1. The van der Waals surface area contributed by atoms with Crippen LogP contribution in [0.25, 0.3) is 0 Å². The van der Waals surface area contributed by atoms with E-state index in [1.165, 1.54) is 6.42 Å². The third-order valence-electron chi connectivity index (χ3n) is 3.79. The third kappa shape index (κ3) is 2.74. The molecule has 0 aromatic heterocycles. The fourth-order valence-corrected chi connectivity index (χ4v) is 2.43. The van der Waals surface area contributed by atoms with Crippen molar-refractivity contribution in [2.45, 2.75) is 44.2 Å². The van der Waals surface area contributed by atoms with Crippen LogP contribution in [0.5, 0.6) is 0 Å². The van der Waals surface area contributed by atoms with Crippen molar-refractivity contribution in [1.29, 1.82) is 0 Å². The van der Waals surface area contributed by atoms with Gasteiger partial charge in [0.25, 0.3) is 0 Å². The summed E-state index contributed by atoms with van der Waals surface area (Å²) in [5, 5.41) is 9.27. The van der Waals surface area contributed by atoms with Crippen LogP contribution < -0.4 is 0 Å². The van der Waals surface area contributed by atoms with E-state index in [-0.39, 0.29) is 18.6 Å². The lowest BCUT2D eigenvalue weighted by Gasteiger charge is -2.34. The van der Waals surface area contributed by atoms with E-state index in [1.807, 2.05) is 11.9 Å². The Kier molecular flexibility index (Phi) is 3.82. The predicted molar refractivity (Wildman–Crippen MR) is 62.1 cm³/mol. The highest BCUT2D eigenvalue weighted by Gasteiger charge is 2.31. The Morgan fingerprint density at radius 2 is 2.12 bits per heavy atom. The molecule has 2 fully saturated rings. The number of carbonyl (C=O) groups is 1. The second-order valence-electron chi connectivity index (χ2n) is 5.04. The summed E-state index contributed by atoms with van der Waals surface area (Å²) in [4.78, 5) is 16.0. The SMILES string of the molecule is CN(C(=O)CN1CCCCC1CO)C1CC1. The first-order valence-corrected chi connectivity index (χ1v) is 6.33. The molecule has 4 heteroatoms. The number of likely N-dealkylation sites (tertiary alicyclic amines) is 1. The zero-order chi connectivity index (χ0) is 11.5. The summed E-state index contributed by atoms with van der Waals surface area (Å²) in [5.41, 5.74) is 0. The topological polar surface area (TPSA) is 43.8 Å². The van der Waals surface area contributed by atoms with Gasteiger partial charge in [-0.15, -0.1) is 0 Å². The zero-order valence-electron chi connectivity index (χ0n) is 10.1. The quantitative estimate of drug-likeness (QED) is 0.757. The average molecular weight is 226 g/mol. The maximum Gasteiger partial charge on any atom is 0.236 e. The molecular weight excluding hydrogens is 204 g/mol. The Labute approximate surface area is 97.2 Å². The molecule has 1 aliphatic heterocycles. The van der Waals surface area contributed by atoms with Gasteiger partial charge < -0.3 is 10.0 Å². The Morgan fingerprint density at radius 1 is 1.38 bits per heavy atom. The first kappa shape index (κ1) is 11.9. The number of aliphatic hydroxyl groups is 1. The molecule has 1 aliphatic carbocycles. The largest absolute Gasteiger partial charge is 0.395 e. The van der Waals surface area contributed by atoms with E-state index in [0.717, 1.165) is 32.2 Å². The van der Waals surface area contributed by atoms with E-state index in [1.54, 1.807) is 0 Å². The van der Waals surface area contributed by atoms with Crippen molar-refractivity contribution in [2.24, 2.45) is 0 Å². The van der Waals surface area contributed by atoms with Crippen LogP contribution in [-0.2, 0) is 4.79 Å². The Bertz CT molecular complexity index is 253. The summed E-state index contributed by atoms with van der Waals surface area (Å²) in [6, 6.07) is 0.690. The molecule has 0 radical (unpaired) electrons. The highest BCUT2D eigenvalue weighted by Crippen LogP contribution is 2.26. The van der Waals surface area contributed by atoms with Crippen LogP contribution in [0.1, 0.15) is 32.1 Å². The maximum atomic E-state index is 12.0. The van der Waals surface area contributed by atoms with Crippen LogP contribution in [0.15, 0.2) is 0 Å². The standard InChI is InChI=1S/C12H22N2O2/c1-13(10-5-6-10)12(16)8-14-7-3-2-4-11(14)9-15/h10-11,15H,2-9H2,1H3. The number of piperidine rings is 1. The number of likely N-dealkylation sites (N-methyl/N-ethyl adjacent to an activating group) is 1. The molecular formula is C12H22N2O2. The summed E-state index contributed by atoms with van der Waals surface area (Å²) in [7, 11) is 1.90. The highest BCUT2D eigenvalue weighted by atomic mass is 16.3. The van der Waals surface area contributed by atoms with Crippen LogP contribution in [0.2, 0.25) is 0 Å². The molecule has 1 atom stereocenters. The summed E-state index contributed by atoms with van der Waals surface area (Å²) < 4.78 is 0. The van der Waals surface area contributed by atoms with Crippen molar-refractivity contribution in [3.05, 3.63) is 0 Å². The minimum atomic E-state index is 0.181. The van der Waals surface area contributed by atoms with Gasteiger partial charge in [0.05, 0.1) is 13.2 Å². The van der Waals surface area contributed by atoms with Crippen LogP contribution in [-0.4, -0.2) is 59.6 Å². The summed E-state index contributed by atoms with van der Waals surface area (Å²) >= 11 is 0. The Hall–Kier alpha value is -0.610. The van der Waals surface area contributed by atoms with Gasteiger partial charge in [0, 0.05) is 19.1 Å². The van der Waals surface area contributed by atoms with E-state index >= 15 is 0 Å². The average Bonchev–Trinajstić information content (AvgIpc) is 3.12. The van der Waals surface area contributed by atoms with Gasteiger partial charge in [-0.3, -0.25) is 9.69 Å². The van der Waals surface area contributed by atoms with E-state index in [0.29, 0.717) is 12.6 Å². The summed E-state index contributed by atoms with van der Waals surface area (Å²) in [6.07, 6.45) is 5.67. The molecule has 1 N–H and O–H groups in total. The second kappa shape index (κ2) is 5.15. The van der Waals surface area contributed by atoms with Gasteiger partial charge in [-0.2, -0.15) is 0 Å². The molecule has 16 heavy (non-hydrogen) atoms. The molecule has 2 aliphatic rings. The zero-order valence-corrected chi connectivity index (χ0v) is 10.1. The molecule has 1 heterocycles. The normalized spacial score (nSPS) is 26.8. The highest BCUT2D eigenvalue weighted by molar-refractivity contribution is 5.78. The Balaban J connectivity index is 1.84. The molecule has 4 nitrogen and oxygen atoms in total. The van der Waals surface area contributed by atoms with Gasteiger partial charge >= 0.3 is 0 Å². The lowest BCUT2D eigenvalue weighted by atomic mass is 10.0. The van der Waals surface area contributed by atoms with Crippen molar-refractivity contribution >= 4 is 5.91 Å². The lowest BCUT2D eigenvalue weighted by Crippen LogP contribution is -2.47. The lowest BCUT2D eigenvalue weighted by molar-refractivity contribution is -0.132. The number of hydrogen-bond acceptors (Lipinski definition) is 3. The monoisotopic (exact) mass is 226 g/mol. The molecule has 2 rings (SSSR count). The predicted octanol–water partition coefficient (Wildman–Crippen LogP) is 0.454. The minimum Gasteiger partial charge on any atom is -0.395 e. The number of nitrogens with zero attached hydrogens (tertiary/aromatic N) is 2. The van der Waals surface area contributed by atoms with Crippen molar-refractivity contribution in [3.63, 3.8) is 0 Å². The molecule has 1 saturated heterocycles. The molecule has 0 bridgehead atoms. The number of rotatable bonds is 4. The third-order valence-corrected chi connectivity index (χ3v) is 3.79. The molecule has 1 amide bonds. The van der Waals surface area contributed by atoms with E-state index in [4.69, 9.17) is 0 Å². The fraction of sp³-hybridized carbons (Fsp3) is 0.917. The molecule has 0 aromatic rings. The number of amides is 1. The first-order chi connectivity index (χ1) is 7.72. The second-order valence-corrected chi connectivity index (χ2v) is 5.04. The molecule has 0 aromatic carbocycles. The van der Waals surface area contributed by atoms with Crippen molar-refractivity contribution < 1.29 is 9.90 Å². The van der Waals surface area contributed by atoms with Gasteiger partial charge in [0.1, 0.15) is 0 Å². The number of hydrogen-bond donors (Lipinski definition) is 1. The Morgan fingerprint density at radius 3 is 2.75 bits per heavy atom. The van der Waals surface area contributed by atoms with Crippen molar-refractivity contribution in [3.8, 4) is 0 Å². The summed E-state index contributed by atoms with van der Waals surface area (Å²) in [5.74, 6) is 0.211. The van der Waals surface area contributed by atoms with Crippen molar-refractivity contribution in [1.82, 2.24) is 9.80 Å². The summed E-state index contributed by atoms with van der Waals surface area (Å²) in [6.45, 7) is 1.62. The minimum absolute atomic E-state index is 0.181. The smallest absolute Gasteiger partial charge is 0.236 e. The van der Waals surface area contributed by atoms with Crippen LogP contribution in [0.3, 0.4) is 0 Å². The van der Waals surface area contributed by atoms with Crippen LogP contribution >= 0.6 is 0 Å². The van der Waals surface area contributed by atoms with Crippen LogP contribution in [0.4, 0.5) is 0 Å². The van der Waals surface area contributed by atoms with Gasteiger partial charge in [0.15, 0.2) is 0 Å². The molecule has 92 valence electrons. The number of carbonyl (C=O) groups excluding carboxylic acids is 1. The van der Waals surface area contributed by atoms with Crippen molar-refractivity contribution in [2.75, 3.05) is 26.7 Å². The first-order valence-electron chi connectivity index (χ1n) is 6.33. The van der Waals surface area contributed by atoms with E-state index < -0.39 is 0 Å². The van der Waals surface area contributed by atoms with Crippen LogP contribution in [0, 0.1) is 0 Å². The molecule has 1 unspecified atom stereocenters. The maximum absolute atomic E-state index is 12.0. The molecule has 0 spiro atoms. The van der Waals surface area contributed by atoms with Gasteiger partial charge in [-0.25, -0.2) is 0 Å².